The third-order valence-electron chi connectivity index (χ3n) is 6.55. The van der Waals surface area contributed by atoms with E-state index in [1.807, 2.05) is 20.8 Å². The molecule has 0 spiro atoms. The Morgan fingerprint density at radius 3 is 2.55 bits per heavy atom. The Bertz CT molecular complexity index is 754. The van der Waals surface area contributed by atoms with E-state index in [0.29, 0.717) is 24.0 Å². The third-order valence-corrected chi connectivity index (χ3v) is 6.55. The zero-order valence-electron chi connectivity index (χ0n) is 17.5. The zero-order valence-corrected chi connectivity index (χ0v) is 17.5. The molecule has 1 N–H and O–H groups in total. The van der Waals surface area contributed by atoms with Crippen LogP contribution in [0.2, 0.25) is 0 Å². The van der Waals surface area contributed by atoms with Crippen LogP contribution >= 0.6 is 0 Å². The molecule has 7 heteroatoms. The predicted octanol–water partition coefficient (Wildman–Crippen LogP) is 2.32. The Hall–Kier alpha value is -2.15. The number of aliphatic hydroxyl groups is 1. The number of fused-ring (bicyclic) bond motifs is 2. The number of hydrogen-bond donors (Lipinski definition) is 1. The Balaban J connectivity index is 1.94. The maximum absolute atomic E-state index is 12.3. The molecule has 29 heavy (non-hydrogen) atoms. The van der Waals surface area contributed by atoms with Gasteiger partial charge in [0.05, 0.1) is 0 Å². The van der Waals surface area contributed by atoms with Gasteiger partial charge in [0.1, 0.15) is 18.3 Å². The highest BCUT2D eigenvalue weighted by Crippen LogP contribution is 2.58. The lowest BCUT2D eigenvalue weighted by Gasteiger charge is -2.55. The van der Waals surface area contributed by atoms with E-state index in [1.165, 1.54) is 6.92 Å². The topological polar surface area (TPSA) is 99.1 Å². The van der Waals surface area contributed by atoms with E-state index in [1.54, 1.807) is 0 Å². The van der Waals surface area contributed by atoms with E-state index in [4.69, 9.17) is 14.2 Å². The molecule has 0 amide bonds. The minimum atomic E-state index is -1.25. The molecular weight excluding hydrogens is 376 g/mol. The van der Waals surface area contributed by atoms with E-state index in [0.717, 1.165) is 0 Å². The highest BCUT2D eigenvalue weighted by atomic mass is 16.6. The maximum Gasteiger partial charge on any atom is 0.334 e. The summed E-state index contributed by atoms with van der Waals surface area (Å²) in [4.78, 5) is 36.1. The smallest absolute Gasteiger partial charge is 0.334 e. The van der Waals surface area contributed by atoms with Gasteiger partial charge in [-0.3, -0.25) is 9.59 Å². The average molecular weight is 406 g/mol. The van der Waals surface area contributed by atoms with Crippen molar-refractivity contribution in [2.45, 2.75) is 71.4 Å². The number of aliphatic hydroxyl groups excluding tert-OH is 1. The quantitative estimate of drug-likeness (QED) is 0.331. The van der Waals surface area contributed by atoms with Crippen LogP contribution in [0.5, 0.6) is 0 Å². The van der Waals surface area contributed by atoms with Crippen LogP contribution in [0, 0.1) is 23.2 Å². The molecule has 7 nitrogen and oxygen atoms in total. The first kappa shape index (κ1) is 21.6. The number of ether oxygens (including phenoxy) is 3. The van der Waals surface area contributed by atoms with Gasteiger partial charge in [-0.25, -0.2) is 4.79 Å². The molecule has 7 atom stereocenters. The molecule has 3 fully saturated rings. The second-order valence-electron chi connectivity index (χ2n) is 9.18. The highest BCUT2D eigenvalue weighted by Gasteiger charge is 2.62. The summed E-state index contributed by atoms with van der Waals surface area (Å²) in [7, 11) is 0. The first-order chi connectivity index (χ1) is 13.5. The predicted molar refractivity (Wildman–Crippen MR) is 103 cm³/mol. The lowest BCUT2D eigenvalue weighted by Crippen LogP contribution is -2.62. The fourth-order valence-electron chi connectivity index (χ4n) is 5.16. The molecule has 0 aromatic heterocycles. The normalized spacial score (nSPS) is 38.9. The first-order valence-electron chi connectivity index (χ1n) is 10.1. The van der Waals surface area contributed by atoms with Crippen molar-refractivity contribution >= 4 is 17.9 Å². The SMILES string of the molecule is C=C1C(=O)O[C@@H]2C[C@]3(C)[C@@H](C[C@H]12)C(=C)[C@H](OC(=O)CC(C)C)[C@H](O)[C@@H]3OC(C)=O. The second-order valence-corrected chi connectivity index (χ2v) is 9.18. The summed E-state index contributed by atoms with van der Waals surface area (Å²) < 4.78 is 16.6. The van der Waals surface area contributed by atoms with Crippen LogP contribution in [0.25, 0.3) is 0 Å². The van der Waals surface area contributed by atoms with Crippen molar-refractivity contribution in [3.8, 4) is 0 Å². The van der Waals surface area contributed by atoms with Gasteiger partial charge >= 0.3 is 17.9 Å². The van der Waals surface area contributed by atoms with Crippen LogP contribution in [0.1, 0.15) is 47.0 Å². The molecule has 2 saturated carbocycles. The number of carbonyl (C=O) groups excluding carboxylic acids is 3. The second kappa shape index (κ2) is 7.59. The zero-order chi connectivity index (χ0) is 21.7. The maximum atomic E-state index is 12.3. The molecule has 160 valence electrons. The van der Waals surface area contributed by atoms with Crippen molar-refractivity contribution in [2.24, 2.45) is 23.2 Å². The molecule has 2 aliphatic carbocycles. The molecule has 0 unspecified atom stereocenters. The van der Waals surface area contributed by atoms with Gasteiger partial charge in [-0.15, -0.1) is 0 Å². The van der Waals surface area contributed by atoms with Gasteiger partial charge in [0.2, 0.25) is 0 Å². The molecule has 3 aliphatic rings. The van der Waals surface area contributed by atoms with Crippen molar-refractivity contribution in [3.63, 3.8) is 0 Å². The summed E-state index contributed by atoms with van der Waals surface area (Å²) >= 11 is 0. The van der Waals surface area contributed by atoms with Crippen LogP contribution in [0.15, 0.2) is 24.3 Å². The van der Waals surface area contributed by atoms with Gasteiger partial charge in [-0.1, -0.05) is 33.9 Å². The van der Waals surface area contributed by atoms with Crippen molar-refractivity contribution < 1.29 is 33.7 Å². The molecule has 1 saturated heterocycles. The van der Waals surface area contributed by atoms with Gasteiger partial charge in [0.25, 0.3) is 0 Å². The third kappa shape index (κ3) is 3.72. The Kier molecular flexibility index (Phi) is 5.64. The molecule has 1 heterocycles. The van der Waals surface area contributed by atoms with Gasteiger partial charge < -0.3 is 19.3 Å². The summed E-state index contributed by atoms with van der Waals surface area (Å²) in [5.74, 6) is -1.70. The summed E-state index contributed by atoms with van der Waals surface area (Å²) in [6, 6.07) is 0. The van der Waals surface area contributed by atoms with Gasteiger partial charge in [-0.2, -0.15) is 0 Å². The fourth-order valence-corrected chi connectivity index (χ4v) is 5.16. The molecule has 0 bridgehead atoms. The monoisotopic (exact) mass is 406 g/mol. The molecule has 0 aromatic rings. The van der Waals surface area contributed by atoms with Crippen molar-refractivity contribution in [1.82, 2.24) is 0 Å². The van der Waals surface area contributed by atoms with Crippen LogP contribution in [0.3, 0.4) is 0 Å². The number of carbonyl (C=O) groups is 3. The van der Waals surface area contributed by atoms with E-state index >= 15 is 0 Å². The summed E-state index contributed by atoms with van der Waals surface area (Å²) in [5, 5.41) is 11.0. The van der Waals surface area contributed by atoms with Crippen LogP contribution < -0.4 is 0 Å². The molecule has 0 radical (unpaired) electrons. The summed E-state index contributed by atoms with van der Waals surface area (Å²) in [6.45, 7) is 15.0. The Morgan fingerprint density at radius 2 is 1.97 bits per heavy atom. The van der Waals surface area contributed by atoms with E-state index in [2.05, 4.69) is 13.2 Å². The fraction of sp³-hybridized carbons (Fsp3) is 0.682. The minimum absolute atomic E-state index is 0.103. The number of esters is 3. The molecule has 3 rings (SSSR count). The van der Waals surface area contributed by atoms with Crippen molar-refractivity contribution in [1.29, 1.82) is 0 Å². The average Bonchev–Trinajstić information content (AvgIpc) is 2.87. The highest BCUT2D eigenvalue weighted by molar-refractivity contribution is 5.90. The number of rotatable bonds is 4. The molecule has 1 aliphatic heterocycles. The lowest BCUT2D eigenvalue weighted by molar-refractivity contribution is -0.205. The standard InChI is InChI=1S/C22H30O7/c1-10(2)7-17(24)29-19-12(4)15-8-14-11(3)21(26)28-16(14)9-22(15,6)20(18(19)25)27-13(5)23/h10,14-16,18-20,25H,3-4,7-9H2,1-2,5-6H3/t14-,15+,16-,18+,19+,20+,22-/m1/s1. The van der Waals surface area contributed by atoms with E-state index < -0.39 is 41.6 Å². The number of hydrogen-bond acceptors (Lipinski definition) is 7. The van der Waals surface area contributed by atoms with Gasteiger partial charge in [0, 0.05) is 30.3 Å². The van der Waals surface area contributed by atoms with E-state index in [9.17, 15) is 19.5 Å². The molecular formula is C22H30O7. The minimum Gasteiger partial charge on any atom is -0.459 e. The van der Waals surface area contributed by atoms with E-state index in [-0.39, 0.29) is 30.3 Å². The van der Waals surface area contributed by atoms with Crippen LogP contribution in [0.4, 0.5) is 0 Å². The first-order valence-corrected chi connectivity index (χ1v) is 10.1. The van der Waals surface area contributed by atoms with Crippen molar-refractivity contribution in [2.75, 3.05) is 0 Å². The summed E-state index contributed by atoms with van der Waals surface area (Å²) in [6.07, 6.45) is -2.41. The lowest BCUT2D eigenvalue weighted by atomic mass is 9.53. The Labute approximate surface area is 171 Å². The Morgan fingerprint density at radius 1 is 1.31 bits per heavy atom. The van der Waals surface area contributed by atoms with Crippen LogP contribution in [-0.2, 0) is 28.6 Å². The van der Waals surface area contributed by atoms with Crippen molar-refractivity contribution in [3.05, 3.63) is 24.3 Å². The van der Waals surface area contributed by atoms with Crippen LogP contribution in [-0.4, -0.2) is 47.4 Å². The van der Waals surface area contributed by atoms with Gasteiger partial charge in [0.15, 0.2) is 6.10 Å². The largest absolute Gasteiger partial charge is 0.459 e. The van der Waals surface area contributed by atoms with Gasteiger partial charge in [-0.05, 0) is 30.3 Å². The molecule has 0 aromatic carbocycles. The summed E-state index contributed by atoms with van der Waals surface area (Å²) in [5.41, 5.74) is 0.286.